The average Bonchev–Trinajstić information content (AvgIpc) is 2.75. The topological polar surface area (TPSA) is 98.5 Å². The maximum atomic E-state index is 12.0. The molecule has 0 fully saturated rings. The molecule has 1 atom stereocenters. The highest BCUT2D eigenvalue weighted by Crippen LogP contribution is 2.24. The van der Waals surface area contributed by atoms with Gasteiger partial charge in [-0.05, 0) is 6.92 Å². The summed E-state index contributed by atoms with van der Waals surface area (Å²) in [5, 5.41) is 6.42. The predicted molar refractivity (Wildman–Crippen MR) is 75.7 cm³/mol. The molecule has 0 saturated carbocycles. The Labute approximate surface area is 116 Å². The van der Waals surface area contributed by atoms with Crippen LogP contribution in [0.5, 0.6) is 0 Å². The molecule has 1 rings (SSSR count). The van der Waals surface area contributed by atoms with Crippen molar-refractivity contribution in [2.24, 2.45) is 0 Å². The third-order valence-corrected chi connectivity index (χ3v) is 3.39. The zero-order valence-electron chi connectivity index (χ0n) is 11.4. The Bertz CT molecular complexity index is 411. The molecule has 0 aliphatic carbocycles. The zero-order chi connectivity index (χ0) is 14.3. The van der Waals surface area contributed by atoms with Gasteiger partial charge in [-0.1, -0.05) is 11.3 Å². The maximum Gasteiger partial charge on any atom is 0.265 e. The number of amides is 1. The smallest absolute Gasteiger partial charge is 0.265 e. The fourth-order valence-electron chi connectivity index (χ4n) is 1.40. The van der Waals surface area contributed by atoms with Gasteiger partial charge in [0.15, 0.2) is 5.13 Å². The van der Waals surface area contributed by atoms with Crippen LogP contribution in [-0.2, 0) is 9.47 Å². The Balaban J connectivity index is 2.57. The molecule has 0 radical (unpaired) electrons. The number of hydrogen-bond donors (Lipinski definition) is 3. The molecule has 4 N–H and O–H groups in total. The SMILES string of the molecule is CCNc1nc(N)c(C(=O)NCC(COC)OC)s1. The van der Waals surface area contributed by atoms with Gasteiger partial charge in [0.05, 0.1) is 12.7 Å². The number of anilines is 2. The summed E-state index contributed by atoms with van der Waals surface area (Å²) in [6.07, 6.45) is -0.184. The van der Waals surface area contributed by atoms with Crippen LogP contribution in [0, 0.1) is 0 Å². The van der Waals surface area contributed by atoms with Crippen molar-refractivity contribution in [3.63, 3.8) is 0 Å². The normalized spacial score (nSPS) is 12.2. The van der Waals surface area contributed by atoms with Crippen molar-refractivity contribution in [1.29, 1.82) is 0 Å². The summed E-state index contributed by atoms with van der Waals surface area (Å²) in [5.74, 6) is -0.0172. The molecule has 0 bridgehead atoms. The Morgan fingerprint density at radius 1 is 1.53 bits per heavy atom. The number of nitrogen functional groups attached to an aromatic ring is 1. The van der Waals surface area contributed by atoms with Gasteiger partial charge in [0.25, 0.3) is 5.91 Å². The van der Waals surface area contributed by atoms with Crippen LogP contribution in [0.4, 0.5) is 10.9 Å². The van der Waals surface area contributed by atoms with Crippen LogP contribution in [0.2, 0.25) is 0 Å². The van der Waals surface area contributed by atoms with Gasteiger partial charge >= 0.3 is 0 Å². The molecule has 0 aromatic carbocycles. The number of nitrogens with one attached hydrogen (secondary N) is 2. The highest BCUT2D eigenvalue weighted by Gasteiger charge is 2.17. The number of aromatic nitrogens is 1. The van der Waals surface area contributed by atoms with E-state index in [1.165, 1.54) is 11.3 Å². The van der Waals surface area contributed by atoms with Crippen LogP contribution in [0.15, 0.2) is 0 Å². The zero-order valence-corrected chi connectivity index (χ0v) is 12.2. The molecule has 1 unspecified atom stereocenters. The number of methoxy groups -OCH3 is 2. The highest BCUT2D eigenvalue weighted by molar-refractivity contribution is 7.18. The van der Waals surface area contributed by atoms with Gasteiger partial charge in [-0.25, -0.2) is 4.98 Å². The summed E-state index contributed by atoms with van der Waals surface area (Å²) < 4.78 is 10.1. The lowest BCUT2D eigenvalue weighted by Gasteiger charge is -2.14. The van der Waals surface area contributed by atoms with Crippen molar-refractivity contribution < 1.29 is 14.3 Å². The van der Waals surface area contributed by atoms with Crippen molar-refractivity contribution in [1.82, 2.24) is 10.3 Å². The maximum absolute atomic E-state index is 12.0. The molecule has 0 saturated heterocycles. The Kier molecular flexibility index (Phi) is 6.54. The summed E-state index contributed by atoms with van der Waals surface area (Å²) >= 11 is 1.23. The van der Waals surface area contributed by atoms with E-state index in [2.05, 4.69) is 15.6 Å². The highest BCUT2D eigenvalue weighted by atomic mass is 32.1. The first-order valence-electron chi connectivity index (χ1n) is 5.92. The van der Waals surface area contributed by atoms with Gasteiger partial charge in [0.2, 0.25) is 0 Å². The lowest BCUT2D eigenvalue weighted by Crippen LogP contribution is -2.35. The molecule has 0 aliphatic rings. The van der Waals surface area contributed by atoms with Gasteiger partial charge in [-0.2, -0.15) is 0 Å². The molecular formula is C11H20N4O3S. The largest absolute Gasteiger partial charge is 0.382 e. The molecule has 1 amide bonds. The second-order valence-corrected chi connectivity index (χ2v) is 4.79. The lowest BCUT2D eigenvalue weighted by atomic mass is 10.3. The fourth-order valence-corrected chi connectivity index (χ4v) is 2.27. The van der Waals surface area contributed by atoms with Crippen LogP contribution in [0.3, 0.4) is 0 Å². The first-order valence-corrected chi connectivity index (χ1v) is 6.74. The molecule has 7 nitrogen and oxygen atoms in total. The van der Waals surface area contributed by atoms with Gasteiger partial charge in [0, 0.05) is 27.3 Å². The summed E-state index contributed by atoms with van der Waals surface area (Å²) in [6, 6.07) is 0. The number of nitrogens with zero attached hydrogens (tertiary/aromatic N) is 1. The van der Waals surface area contributed by atoms with Gasteiger partial charge in [-0.15, -0.1) is 0 Å². The first kappa shape index (κ1) is 15.7. The Morgan fingerprint density at radius 2 is 2.26 bits per heavy atom. The summed E-state index contributed by atoms with van der Waals surface area (Å²) in [5.41, 5.74) is 5.71. The van der Waals surface area contributed by atoms with Crippen molar-refractivity contribution in [3.05, 3.63) is 4.88 Å². The second kappa shape index (κ2) is 7.93. The third-order valence-electron chi connectivity index (χ3n) is 2.36. The van der Waals surface area contributed by atoms with E-state index in [1.54, 1.807) is 14.2 Å². The number of hydrogen-bond acceptors (Lipinski definition) is 7. The lowest BCUT2D eigenvalue weighted by molar-refractivity contribution is 0.0286. The number of thiazole rings is 1. The summed E-state index contributed by atoms with van der Waals surface area (Å²) in [4.78, 5) is 16.4. The standard InChI is InChI=1S/C11H20N4O3S/c1-4-13-11-15-9(12)8(19-11)10(16)14-5-7(18-3)6-17-2/h7H,4-6,12H2,1-3H3,(H,13,15)(H,14,16). The number of carbonyl (C=O) groups excluding carboxylic acids is 1. The van der Waals surface area contributed by atoms with E-state index in [0.29, 0.717) is 23.2 Å². The Hall–Kier alpha value is -1.38. The van der Waals surface area contributed by atoms with Crippen LogP contribution in [0.25, 0.3) is 0 Å². The number of ether oxygens (including phenoxy) is 2. The van der Waals surface area contributed by atoms with E-state index >= 15 is 0 Å². The van der Waals surface area contributed by atoms with E-state index in [-0.39, 0.29) is 17.8 Å². The van der Waals surface area contributed by atoms with Crippen molar-refractivity contribution in [2.75, 3.05) is 45.0 Å². The van der Waals surface area contributed by atoms with Crippen molar-refractivity contribution >= 4 is 28.2 Å². The molecule has 108 valence electrons. The molecular weight excluding hydrogens is 268 g/mol. The van der Waals surface area contributed by atoms with E-state index in [0.717, 1.165) is 6.54 Å². The minimum Gasteiger partial charge on any atom is -0.382 e. The fraction of sp³-hybridized carbons (Fsp3) is 0.636. The number of carbonyl (C=O) groups is 1. The van der Waals surface area contributed by atoms with Crippen molar-refractivity contribution in [2.45, 2.75) is 13.0 Å². The van der Waals surface area contributed by atoms with Gasteiger partial charge in [0.1, 0.15) is 10.7 Å². The second-order valence-electron chi connectivity index (χ2n) is 3.79. The summed E-state index contributed by atoms with van der Waals surface area (Å²) in [7, 11) is 3.15. The molecule has 1 aromatic rings. The minimum absolute atomic E-state index is 0.184. The molecule has 1 aromatic heterocycles. The third kappa shape index (κ3) is 4.66. The molecule has 8 heteroatoms. The van der Waals surface area contributed by atoms with E-state index < -0.39 is 0 Å². The Morgan fingerprint density at radius 3 is 2.84 bits per heavy atom. The van der Waals surface area contributed by atoms with Crippen LogP contribution in [0.1, 0.15) is 16.6 Å². The van der Waals surface area contributed by atoms with Crippen LogP contribution in [-0.4, -0.2) is 50.9 Å². The van der Waals surface area contributed by atoms with E-state index in [4.69, 9.17) is 15.2 Å². The number of nitrogens with two attached hydrogens (primary N) is 1. The van der Waals surface area contributed by atoms with Gasteiger partial charge < -0.3 is 25.8 Å². The summed E-state index contributed by atoms with van der Waals surface area (Å²) in [6.45, 7) is 3.45. The van der Waals surface area contributed by atoms with E-state index in [9.17, 15) is 4.79 Å². The number of rotatable bonds is 8. The molecule has 1 heterocycles. The average molecular weight is 288 g/mol. The van der Waals surface area contributed by atoms with E-state index in [1.807, 2.05) is 6.92 Å². The van der Waals surface area contributed by atoms with Crippen LogP contribution >= 0.6 is 11.3 Å². The molecule has 19 heavy (non-hydrogen) atoms. The first-order chi connectivity index (χ1) is 9.12. The predicted octanol–water partition coefficient (Wildman–Crippen LogP) is 0.548. The van der Waals surface area contributed by atoms with Crippen LogP contribution < -0.4 is 16.4 Å². The quantitative estimate of drug-likeness (QED) is 0.646. The molecule has 0 aliphatic heterocycles. The molecule has 0 spiro atoms. The van der Waals surface area contributed by atoms with Crippen molar-refractivity contribution in [3.8, 4) is 0 Å². The van der Waals surface area contributed by atoms with Gasteiger partial charge in [-0.3, -0.25) is 4.79 Å². The minimum atomic E-state index is -0.252. The monoisotopic (exact) mass is 288 g/mol.